The van der Waals surface area contributed by atoms with Crippen molar-refractivity contribution in [2.45, 2.75) is 0 Å². The molecule has 6 heteroatoms. The van der Waals surface area contributed by atoms with Gasteiger partial charge in [0.1, 0.15) is 0 Å². The molecule has 1 N–H and O–H groups in total. The highest BCUT2D eigenvalue weighted by atomic mass is 79.9. The van der Waals surface area contributed by atoms with Crippen molar-refractivity contribution in [3.63, 3.8) is 0 Å². The third-order valence-corrected chi connectivity index (χ3v) is 5.04. The maximum Gasteiger partial charge on any atom is 0.188 e. The van der Waals surface area contributed by atoms with Gasteiger partial charge in [-0.05, 0) is 62.2 Å². The van der Waals surface area contributed by atoms with Crippen LogP contribution in [0.25, 0.3) is 10.2 Å². The lowest BCUT2D eigenvalue weighted by molar-refractivity contribution is 1.42. The SMILES string of the molecule is Clc1ccc2nc(Nc3c(Br)cccc3Br)sc2c1. The number of benzene rings is 2. The Morgan fingerprint density at radius 2 is 1.84 bits per heavy atom. The Bertz CT molecular complexity index is 737. The van der Waals surface area contributed by atoms with Crippen LogP contribution in [0.4, 0.5) is 10.8 Å². The standard InChI is InChI=1S/C13H7Br2ClN2S/c14-8-2-1-3-9(15)12(8)18-13-17-10-5-4-7(16)6-11(10)19-13/h1-6H,(H,17,18). The molecule has 0 radical (unpaired) electrons. The highest BCUT2D eigenvalue weighted by molar-refractivity contribution is 9.11. The molecular formula is C13H7Br2ClN2S. The molecule has 0 amide bonds. The fourth-order valence-corrected chi connectivity index (χ4v) is 4.02. The molecule has 19 heavy (non-hydrogen) atoms. The molecule has 1 heterocycles. The number of anilines is 2. The Balaban J connectivity index is 2.01. The van der Waals surface area contributed by atoms with Crippen molar-refractivity contribution in [2.75, 3.05) is 5.32 Å². The molecule has 3 rings (SSSR count). The average molecular weight is 419 g/mol. The second kappa shape index (κ2) is 5.40. The fourth-order valence-electron chi connectivity index (χ4n) is 1.68. The first-order valence-electron chi connectivity index (χ1n) is 5.40. The van der Waals surface area contributed by atoms with E-state index in [1.54, 1.807) is 11.3 Å². The van der Waals surface area contributed by atoms with E-state index in [0.29, 0.717) is 0 Å². The molecule has 0 aliphatic rings. The molecule has 0 atom stereocenters. The molecule has 0 saturated heterocycles. The molecule has 0 saturated carbocycles. The highest BCUT2D eigenvalue weighted by Gasteiger charge is 2.09. The lowest BCUT2D eigenvalue weighted by Gasteiger charge is -2.07. The number of thiazole rings is 1. The van der Waals surface area contributed by atoms with Crippen LogP contribution in [0.5, 0.6) is 0 Å². The van der Waals surface area contributed by atoms with E-state index in [9.17, 15) is 0 Å². The third-order valence-electron chi connectivity index (χ3n) is 2.55. The van der Waals surface area contributed by atoms with Crippen LogP contribution in [-0.2, 0) is 0 Å². The Labute approximate surface area is 136 Å². The quantitative estimate of drug-likeness (QED) is 0.534. The van der Waals surface area contributed by atoms with Crippen LogP contribution in [0, 0.1) is 0 Å². The predicted molar refractivity (Wildman–Crippen MR) is 89.8 cm³/mol. The highest BCUT2D eigenvalue weighted by Crippen LogP contribution is 2.36. The zero-order valence-electron chi connectivity index (χ0n) is 9.45. The summed E-state index contributed by atoms with van der Waals surface area (Å²) in [6, 6.07) is 11.6. The number of aromatic nitrogens is 1. The molecule has 0 aliphatic carbocycles. The van der Waals surface area contributed by atoms with Crippen LogP contribution < -0.4 is 5.32 Å². The summed E-state index contributed by atoms with van der Waals surface area (Å²) in [5.41, 5.74) is 1.91. The summed E-state index contributed by atoms with van der Waals surface area (Å²) in [4.78, 5) is 4.54. The number of rotatable bonds is 2. The first kappa shape index (κ1) is 13.4. The van der Waals surface area contributed by atoms with Crippen molar-refractivity contribution in [3.05, 3.63) is 50.4 Å². The molecule has 0 unspecified atom stereocenters. The summed E-state index contributed by atoms with van der Waals surface area (Å²) < 4.78 is 3.04. The number of nitrogens with zero attached hydrogens (tertiary/aromatic N) is 1. The van der Waals surface area contributed by atoms with E-state index in [1.165, 1.54) is 0 Å². The summed E-state index contributed by atoms with van der Waals surface area (Å²) in [7, 11) is 0. The van der Waals surface area contributed by atoms with Gasteiger partial charge in [0, 0.05) is 14.0 Å². The van der Waals surface area contributed by atoms with Crippen molar-refractivity contribution in [3.8, 4) is 0 Å². The fraction of sp³-hybridized carbons (Fsp3) is 0. The Hall–Kier alpha value is -0.620. The van der Waals surface area contributed by atoms with E-state index in [0.717, 1.165) is 35.0 Å². The van der Waals surface area contributed by atoms with Crippen molar-refractivity contribution in [2.24, 2.45) is 0 Å². The number of nitrogens with one attached hydrogen (secondary N) is 1. The maximum atomic E-state index is 5.98. The smallest absolute Gasteiger partial charge is 0.188 e. The van der Waals surface area contributed by atoms with E-state index >= 15 is 0 Å². The molecule has 0 bridgehead atoms. The van der Waals surface area contributed by atoms with Gasteiger partial charge in [0.2, 0.25) is 0 Å². The zero-order chi connectivity index (χ0) is 13.4. The number of halogens is 3. The minimum atomic E-state index is 0.727. The Morgan fingerprint density at radius 1 is 1.11 bits per heavy atom. The van der Waals surface area contributed by atoms with E-state index < -0.39 is 0 Å². The van der Waals surface area contributed by atoms with Gasteiger partial charge in [-0.2, -0.15) is 0 Å². The summed E-state index contributed by atoms with van der Waals surface area (Å²) in [5, 5.41) is 4.88. The van der Waals surface area contributed by atoms with Gasteiger partial charge < -0.3 is 5.32 Å². The average Bonchev–Trinajstić information content (AvgIpc) is 2.75. The lowest BCUT2D eigenvalue weighted by atomic mass is 10.3. The molecule has 3 aromatic rings. The van der Waals surface area contributed by atoms with Gasteiger partial charge >= 0.3 is 0 Å². The molecule has 0 fully saturated rings. The Morgan fingerprint density at radius 3 is 2.58 bits per heavy atom. The van der Waals surface area contributed by atoms with E-state index in [1.807, 2.05) is 36.4 Å². The topological polar surface area (TPSA) is 24.9 Å². The molecule has 2 nitrogen and oxygen atoms in total. The first-order valence-corrected chi connectivity index (χ1v) is 8.18. The molecule has 0 aliphatic heterocycles. The summed E-state index contributed by atoms with van der Waals surface area (Å²) in [6.45, 7) is 0. The number of hydrogen-bond donors (Lipinski definition) is 1. The molecule has 2 aromatic carbocycles. The van der Waals surface area contributed by atoms with Gasteiger partial charge in [0.25, 0.3) is 0 Å². The van der Waals surface area contributed by atoms with E-state index in [2.05, 4.69) is 42.2 Å². The van der Waals surface area contributed by atoms with Crippen LogP contribution in [0.1, 0.15) is 0 Å². The van der Waals surface area contributed by atoms with Gasteiger partial charge in [-0.15, -0.1) is 0 Å². The van der Waals surface area contributed by atoms with Gasteiger partial charge in [-0.1, -0.05) is 29.0 Å². The molecule has 0 spiro atoms. The van der Waals surface area contributed by atoms with E-state index in [4.69, 9.17) is 11.6 Å². The Kier molecular flexibility index (Phi) is 3.80. The van der Waals surface area contributed by atoms with Gasteiger partial charge in [-0.25, -0.2) is 4.98 Å². The summed E-state index contributed by atoms with van der Waals surface area (Å²) in [6.07, 6.45) is 0. The van der Waals surface area contributed by atoms with Crippen molar-refractivity contribution in [1.29, 1.82) is 0 Å². The minimum absolute atomic E-state index is 0.727. The van der Waals surface area contributed by atoms with Crippen molar-refractivity contribution >= 4 is 75.8 Å². The van der Waals surface area contributed by atoms with Crippen molar-refractivity contribution in [1.82, 2.24) is 4.98 Å². The normalized spacial score (nSPS) is 10.9. The second-order valence-corrected chi connectivity index (χ2v) is 7.03. The second-order valence-electron chi connectivity index (χ2n) is 3.85. The molecule has 1 aromatic heterocycles. The number of hydrogen-bond acceptors (Lipinski definition) is 3. The lowest BCUT2D eigenvalue weighted by Crippen LogP contribution is -1.91. The van der Waals surface area contributed by atoms with Crippen LogP contribution >= 0.6 is 54.8 Å². The van der Waals surface area contributed by atoms with Crippen molar-refractivity contribution < 1.29 is 0 Å². The van der Waals surface area contributed by atoms with Crippen LogP contribution in [-0.4, -0.2) is 4.98 Å². The molecular weight excluding hydrogens is 411 g/mol. The monoisotopic (exact) mass is 416 g/mol. The minimum Gasteiger partial charge on any atom is -0.330 e. The summed E-state index contributed by atoms with van der Waals surface area (Å²) >= 11 is 14.6. The van der Waals surface area contributed by atoms with E-state index in [-0.39, 0.29) is 0 Å². The largest absolute Gasteiger partial charge is 0.330 e. The van der Waals surface area contributed by atoms with Gasteiger partial charge in [-0.3, -0.25) is 0 Å². The number of fused-ring (bicyclic) bond motifs is 1. The van der Waals surface area contributed by atoms with Gasteiger partial charge in [0.15, 0.2) is 5.13 Å². The maximum absolute atomic E-state index is 5.98. The van der Waals surface area contributed by atoms with Crippen LogP contribution in [0.3, 0.4) is 0 Å². The number of para-hydroxylation sites is 1. The van der Waals surface area contributed by atoms with Crippen LogP contribution in [0.15, 0.2) is 45.3 Å². The summed E-state index contributed by atoms with van der Waals surface area (Å²) in [5.74, 6) is 0. The third kappa shape index (κ3) is 2.79. The van der Waals surface area contributed by atoms with Gasteiger partial charge in [0.05, 0.1) is 15.9 Å². The molecule has 96 valence electrons. The van der Waals surface area contributed by atoms with Crippen LogP contribution in [0.2, 0.25) is 5.02 Å². The first-order chi connectivity index (χ1) is 9.13. The predicted octanol–water partition coefficient (Wildman–Crippen LogP) is 6.22. The zero-order valence-corrected chi connectivity index (χ0v) is 14.2.